The number of benzene rings is 1. The lowest BCUT2D eigenvalue weighted by atomic mass is 10.0. The van der Waals surface area contributed by atoms with Crippen LogP contribution in [0, 0.1) is 0 Å². The van der Waals surface area contributed by atoms with Gasteiger partial charge in [0.1, 0.15) is 6.33 Å². The predicted octanol–water partition coefficient (Wildman–Crippen LogP) is 4.32. The third-order valence-electron chi connectivity index (χ3n) is 3.77. The summed E-state index contributed by atoms with van der Waals surface area (Å²) in [7, 11) is 0. The highest BCUT2D eigenvalue weighted by Gasteiger charge is 2.11. The van der Waals surface area contributed by atoms with Crippen LogP contribution in [0.4, 0.5) is 5.69 Å². The van der Waals surface area contributed by atoms with Gasteiger partial charge in [0.15, 0.2) is 5.16 Å². The molecule has 1 heterocycles. The monoisotopic (exact) mass is 346 g/mol. The fourth-order valence-electron chi connectivity index (χ4n) is 2.47. The highest BCUT2D eigenvalue weighted by molar-refractivity contribution is 7.99. The van der Waals surface area contributed by atoms with E-state index in [1.807, 2.05) is 22.8 Å². The summed E-state index contributed by atoms with van der Waals surface area (Å²) >= 11 is 1.43. The van der Waals surface area contributed by atoms with Gasteiger partial charge in [-0.25, -0.2) is 0 Å². The quantitative estimate of drug-likeness (QED) is 0.542. The van der Waals surface area contributed by atoms with Gasteiger partial charge in [-0.1, -0.05) is 63.6 Å². The van der Waals surface area contributed by atoms with E-state index in [1.165, 1.54) is 24.6 Å². The van der Waals surface area contributed by atoms with Crippen molar-refractivity contribution in [2.24, 2.45) is 0 Å². The van der Waals surface area contributed by atoms with Crippen molar-refractivity contribution in [3.8, 4) is 0 Å². The van der Waals surface area contributed by atoms with Gasteiger partial charge >= 0.3 is 0 Å². The summed E-state index contributed by atoms with van der Waals surface area (Å²) in [5.41, 5.74) is 2.04. The lowest BCUT2D eigenvalue weighted by Crippen LogP contribution is -2.16. The maximum absolute atomic E-state index is 12.3. The molecule has 0 fully saturated rings. The lowest BCUT2D eigenvalue weighted by Gasteiger charge is -2.13. The molecule has 2 rings (SSSR count). The number of aromatic nitrogens is 3. The Morgan fingerprint density at radius 1 is 1.29 bits per heavy atom. The van der Waals surface area contributed by atoms with Crippen LogP contribution < -0.4 is 5.32 Å². The Balaban J connectivity index is 1.89. The van der Waals surface area contributed by atoms with Crippen LogP contribution in [-0.4, -0.2) is 26.4 Å². The van der Waals surface area contributed by atoms with Crippen molar-refractivity contribution in [3.63, 3.8) is 0 Å². The number of hydrogen-bond acceptors (Lipinski definition) is 4. The summed E-state index contributed by atoms with van der Waals surface area (Å²) in [5.74, 6) is 0.686. The Morgan fingerprint density at radius 2 is 2.08 bits per heavy atom. The number of para-hydroxylation sites is 1. The Hall–Kier alpha value is -1.82. The second-order valence-electron chi connectivity index (χ2n) is 6.09. The molecule has 0 aliphatic rings. The average Bonchev–Trinajstić information content (AvgIpc) is 3.01. The largest absolute Gasteiger partial charge is 0.325 e. The van der Waals surface area contributed by atoms with Gasteiger partial charge < -0.3 is 9.88 Å². The molecule has 1 amide bonds. The third kappa shape index (κ3) is 5.37. The first-order valence-electron chi connectivity index (χ1n) is 8.51. The number of carbonyl (C=O) groups is 1. The number of anilines is 1. The second-order valence-corrected chi connectivity index (χ2v) is 7.04. The van der Waals surface area contributed by atoms with Gasteiger partial charge in [0.25, 0.3) is 0 Å². The zero-order valence-corrected chi connectivity index (χ0v) is 15.5. The Kier molecular flexibility index (Phi) is 7.31. The van der Waals surface area contributed by atoms with Crippen molar-refractivity contribution in [3.05, 3.63) is 36.2 Å². The van der Waals surface area contributed by atoms with E-state index in [9.17, 15) is 4.79 Å². The van der Waals surface area contributed by atoms with Crippen LogP contribution in [0.25, 0.3) is 0 Å². The average molecular weight is 347 g/mol. The third-order valence-corrected chi connectivity index (χ3v) is 4.75. The van der Waals surface area contributed by atoms with Gasteiger partial charge in [0.05, 0.1) is 5.75 Å². The summed E-state index contributed by atoms with van der Waals surface area (Å²) in [4.78, 5) is 12.3. The van der Waals surface area contributed by atoms with Gasteiger partial charge in [0, 0.05) is 12.2 Å². The van der Waals surface area contributed by atoms with Crippen LogP contribution in [0.3, 0.4) is 0 Å². The summed E-state index contributed by atoms with van der Waals surface area (Å²) in [5, 5.41) is 11.9. The summed E-state index contributed by atoms with van der Waals surface area (Å²) in [6.45, 7) is 7.33. The van der Waals surface area contributed by atoms with Crippen LogP contribution in [0.5, 0.6) is 0 Å². The van der Waals surface area contributed by atoms with Gasteiger partial charge in [-0.3, -0.25) is 4.79 Å². The van der Waals surface area contributed by atoms with E-state index in [0.717, 1.165) is 29.4 Å². The molecule has 0 unspecified atom stereocenters. The normalized spacial score (nSPS) is 11.0. The molecule has 1 N–H and O–H groups in total. The Morgan fingerprint density at radius 3 is 2.83 bits per heavy atom. The van der Waals surface area contributed by atoms with Crippen molar-refractivity contribution in [2.45, 2.75) is 57.7 Å². The molecule has 0 spiro atoms. The first-order chi connectivity index (χ1) is 11.6. The molecule has 0 aliphatic heterocycles. The number of unbranched alkanes of at least 4 members (excludes halogenated alkanes) is 2. The molecule has 5 nitrogen and oxygen atoms in total. The minimum absolute atomic E-state index is 0.0174. The molecular weight excluding hydrogens is 320 g/mol. The van der Waals surface area contributed by atoms with Crippen molar-refractivity contribution in [1.29, 1.82) is 0 Å². The molecular formula is C18H26N4OS. The molecule has 24 heavy (non-hydrogen) atoms. The van der Waals surface area contributed by atoms with Crippen molar-refractivity contribution in [1.82, 2.24) is 14.8 Å². The molecule has 6 heteroatoms. The standard InChI is InChI=1S/C18H26N4OS/c1-4-5-8-11-22-13-19-21-18(22)24-12-17(23)20-16-10-7-6-9-15(16)14(2)3/h6-7,9-10,13-14H,4-5,8,11-12H2,1-3H3,(H,20,23). The molecule has 1 aromatic carbocycles. The minimum atomic E-state index is -0.0174. The van der Waals surface area contributed by atoms with Gasteiger partial charge in [0.2, 0.25) is 5.91 Å². The van der Waals surface area contributed by atoms with E-state index >= 15 is 0 Å². The number of amides is 1. The van der Waals surface area contributed by atoms with Crippen LogP contribution in [-0.2, 0) is 11.3 Å². The number of carbonyl (C=O) groups excluding carboxylic acids is 1. The van der Waals surface area contributed by atoms with Crippen molar-refractivity contribution < 1.29 is 4.79 Å². The molecule has 0 atom stereocenters. The summed E-state index contributed by atoms with van der Waals surface area (Å²) in [6, 6.07) is 7.94. The Bertz CT molecular complexity index is 654. The predicted molar refractivity (Wildman–Crippen MR) is 99.4 cm³/mol. The summed E-state index contributed by atoms with van der Waals surface area (Å²) in [6.07, 6.45) is 5.22. The molecule has 0 aliphatic carbocycles. The molecule has 2 aromatic rings. The number of thioether (sulfide) groups is 1. The first-order valence-corrected chi connectivity index (χ1v) is 9.49. The Labute approximate surface area is 148 Å². The van der Waals surface area contributed by atoms with Gasteiger partial charge in [-0.15, -0.1) is 10.2 Å². The fraction of sp³-hybridized carbons (Fsp3) is 0.500. The molecule has 0 radical (unpaired) electrons. The fourth-order valence-corrected chi connectivity index (χ4v) is 3.21. The van der Waals surface area contributed by atoms with Gasteiger partial charge in [-0.05, 0) is 24.0 Å². The highest BCUT2D eigenvalue weighted by atomic mass is 32.2. The smallest absolute Gasteiger partial charge is 0.234 e. The van der Waals surface area contributed by atoms with E-state index in [-0.39, 0.29) is 5.91 Å². The minimum Gasteiger partial charge on any atom is -0.325 e. The highest BCUT2D eigenvalue weighted by Crippen LogP contribution is 2.24. The molecule has 1 aromatic heterocycles. The number of nitrogens with zero attached hydrogens (tertiary/aromatic N) is 3. The second kappa shape index (κ2) is 9.47. The number of hydrogen-bond donors (Lipinski definition) is 1. The van der Waals surface area contributed by atoms with Crippen LogP contribution in [0.2, 0.25) is 0 Å². The van der Waals surface area contributed by atoms with E-state index in [4.69, 9.17) is 0 Å². The molecule has 0 bridgehead atoms. The number of nitrogens with one attached hydrogen (secondary N) is 1. The molecule has 130 valence electrons. The zero-order valence-electron chi connectivity index (χ0n) is 14.7. The topological polar surface area (TPSA) is 59.8 Å². The number of aryl methyl sites for hydroxylation is 1. The van der Waals surface area contributed by atoms with Crippen LogP contribution >= 0.6 is 11.8 Å². The number of rotatable bonds is 9. The summed E-state index contributed by atoms with van der Waals surface area (Å²) < 4.78 is 2.02. The maximum atomic E-state index is 12.3. The molecule has 0 saturated heterocycles. The van der Waals surface area contributed by atoms with Crippen LogP contribution in [0.1, 0.15) is 51.5 Å². The first kappa shape index (κ1) is 18.5. The SMILES string of the molecule is CCCCCn1cnnc1SCC(=O)Nc1ccccc1C(C)C. The lowest BCUT2D eigenvalue weighted by molar-refractivity contribution is -0.113. The van der Waals surface area contributed by atoms with Crippen molar-refractivity contribution >= 4 is 23.4 Å². The maximum Gasteiger partial charge on any atom is 0.234 e. The van der Waals surface area contributed by atoms with E-state index in [0.29, 0.717) is 11.7 Å². The van der Waals surface area contributed by atoms with E-state index in [1.54, 1.807) is 6.33 Å². The van der Waals surface area contributed by atoms with Crippen molar-refractivity contribution in [2.75, 3.05) is 11.1 Å². The molecule has 0 saturated carbocycles. The van der Waals surface area contributed by atoms with E-state index < -0.39 is 0 Å². The zero-order chi connectivity index (χ0) is 17.4. The van der Waals surface area contributed by atoms with Crippen LogP contribution in [0.15, 0.2) is 35.7 Å². The van der Waals surface area contributed by atoms with Gasteiger partial charge in [-0.2, -0.15) is 0 Å². The van der Waals surface area contributed by atoms with E-state index in [2.05, 4.69) is 42.4 Å².